The molecule has 0 atom stereocenters. The van der Waals surface area contributed by atoms with Gasteiger partial charge in [0, 0.05) is 19.3 Å². The van der Waals surface area contributed by atoms with Gasteiger partial charge in [-0.1, -0.05) is 216 Å². The third-order valence-corrected chi connectivity index (χ3v) is 12.2. The summed E-state index contributed by atoms with van der Waals surface area (Å²) >= 11 is 0. The van der Waals surface area contributed by atoms with Crippen LogP contribution in [0.15, 0.2) is 72.9 Å². The molecular formula is C61H106O6. The molecule has 0 fully saturated rings. The topological polar surface area (TPSA) is 78.9 Å². The molecule has 0 rings (SSSR count). The van der Waals surface area contributed by atoms with E-state index in [9.17, 15) is 14.4 Å². The Morgan fingerprint density at radius 2 is 0.537 bits per heavy atom. The van der Waals surface area contributed by atoms with Crippen LogP contribution in [-0.4, -0.2) is 37.2 Å². The fourth-order valence-corrected chi connectivity index (χ4v) is 7.83. The van der Waals surface area contributed by atoms with Crippen molar-refractivity contribution in [1.29, 1.82) is 0 Å². The zero-order chi connectivity index (χ0) is 48.6. The minimum atomic E-state index is -0.790. The summed E-state index contributed by atoms with van der Waals surface area (Å²) in [5.74, 6) is -0.912. The van der Waals surface area contributed by atoms with Gasteiger partial charge < -0.3 is 14.2 Å². The van der Waals surface area contributed by atoms with Crippen LogP contribution in [0.1, 0.15) is 278 Å². The van der Waals surface area contributed by atoms with Crippen molar-refractivity contribution >= 4 is 17.9 Å². The van der Waals surface area contributed by atoms with Crippen LogP contribution in [0.3, 0.4) is 0 Å². The molecule has 0 N–H and O–H groups in total. The first kappa shape index (κ1) is 63.8. The lowest BCUT2D eigenvalue weighted by Gasteiger charge is -2.18. The lowest BCUT2D eigenvalue weighted by molar-refractivity contribution is -0.167. The predicted octanol–water partition coefficient (Wildman–Crippen LogP) is 19.0. The van der Waals surface area contributed by atoms with Crippen LogP contribution in [0.25, 0.3) is 0 Å². The average Bonchev–Trinajstić information content (AvgIpc) is 3.33. The quantitative estimate of drug-likeness (QED) is 0.0262. The molecule has 0 unspecified atom stereocenters. The minimum Gasteiger partial charge on any atom is -0.462 e. The van der Waals surface area contributed by atoms with Crippen LogP contribution in [0.5, 0.6) is 0 Å². The number of hydrogen-bond donors (Lipinski definition) is 0. The number of hydrogen-bond acceptors (Lipinski definition) is 6. The van der Waals surface area contributed by atoms with E-state index >= 15 is 0 Å². The Balaban J connectivity index is 4.42. The van der Waals surface area contributed by atoms with E-state index in [1.807, 2.05) is 0 Å². The summed E-state index contributed by atoms with van der Waals surface area (Å²) in [5, 5.41) is 0. The first-order valence-corrected chi connectivity index (χ1v) is 28.4. The molecule has 0 saturated heterocycles. The molecule has 386 valence electrons. The normalized spacial score (nSPS) is 12.2. The van der Waals surface area contributed by atoms with Gasteiger partial charge in [-0.3, -0.25) is 14.4 Å². The highest BCUT2D eigenvalue weighted by Crippen LogP contribution is 2.15. The van der Waals surface area contributed by atoms with Gasteiger partial charge in [0.2, 0.25) is 0 Å². The fourth-order valence-electron chi connectivity index (χ4n) is 7.83. The Hall–Kier alpha value is -3.15. The molecule has 0 heterocycles. The van der Waals surface area contributed by atoms with Gasteiger partial charge in [0.05, 0.1) is 0 Å². The molecule has 0 aliphatic rings. The molecule has 0 aliphatic carbocycles. The molecule has 0 aromatic rings. The largest absolute Gasteiger partial charge is 0.462 e. The van der Waals surface area contributed by atoms with Crippen molar-refractivity contribution in [1.82, 2.24) is 0 Å². The van der Waals surface area contributed by atoms with Gasteiger partial charge in [0.15, 0.2) is 6.10 Å². The Bertz CT molecular complexity index is 1200. The molecular weight excluding hydrogens is 829 g/mol. The molecule has 0 aromatic heterocycles. The fraction of sp³-hybridized carbons (Fsp3) is 0.754. The number of rotatable bonds is 51. The Labute approximate surface area is 414 Å². The van der Waals surface area contributed by atoms with E-state index in [4.69, 9.17) is 14.2 Å². The highest BCUT2D eigenvalue weighted by atomic mass is 16.6. The maximum Gasteiger partial charge on any atom is 0.306 e. The average molecular weight is 936 g/mol. The smallest absolute Gasteiger partial charge is 0.306 e. The van der Waals surface area contributed by atoms with Crippen molar-refractivity contribution in [2.45, 2.75) is 284 Å². The highest BCUT2D eigenvalue weighted by molar-refractivity contribution is 5.71. The number of carbonyl (C=O) groups is 3. The monoisotopic (exact) mass is 935 g/mol. The number of allylic oxidation sites excluding steroid dienone is 12. The Morgan fingerprint density at radius 3 is 0.821 bits per heavy atom. The van der Waals surface area contributed by atoms with Crippen molar-refractivity contribution in [3.63, 3.8) is 0 Å². The van der Waals surface area contributed by atoms with E-state index in [1.165, 1.54) is 135 Å². The number of carbonyl (C=O) groups excluding carboxylic acids is 3. The van der Waals surface area contributed by atoms with Crippen molar-refractivity contribution in [3.05, 3.63) is 72.9 Å². The van der Waals surface area contributed by atoms with E-state index in [-0.39, 0.29) is 31.1 Å². The van der Waals surface area contributed by atoms with Crippen molar-refractivity contribution in [2.24, 2.45) is 0 Å². The summed E-state index contributed by atoms with van der Waals surface area (Å²) in [6, 6.07) is 0. The maximum absolute atomic E-state index is 12.9. The van der Waals surface area contributed by atoms with Gasteiger partial charge in [0.1, 0.15) is 13.2 Å². The number of ether oxygens (including phenoxy) is 3. The summed E-state index contributed by atoms with van der Waals surface area (Å²) < 4.78 is 16.8. The molecule has 6 nitrogen and oxygen atoms in total. The second kappa shape index (κ2) is 55.4. The van der Waals surface area contributed by atoms with E-state index in [0.29, 0.717) is 19.3 Å². The molecule has 6 heteroatoms. The second-order valence-electron chi connectivity index (χ2n) is 18.8. The lowest BCUT2D eigenvalue weighted by atomic mass is 10.1. The standard InChI is InChI=1S/C61H106O6/c1-4-7-10-13-16-19-22-25-28-29-30-31-34-37-40-43-46-49-52-55-61(64)67-58(56-65-59(62)53-50-47-44-41-38-35-32-26-23-20-17-14-11-8-5-2)57-66-60(63)54-51-48-45-42-39-36-33-27-24-21-18-15-12-9-6-3/h16-21,25-28,32-33,58H,4-15,22-24,29-31,34-57H2,1-3H3/b19-16-,20-17-,21-18-,28-25-,32-26-,33-27-. The summed E-state index contributed by atoms with van der Waals surface area (Å²) in [6.45, 7) is 6.55. The van der Waals surface area contributed by atoms with Crippen LogP contribution in [0, 0.1) is 0 Å². The molecule has 0 aliphatic heterocycles. The molecule has 0 bridgehead atoms. The van der Waals surface area contributed by atoms with Crippen molar-refractivity contribution in [3.8, 4) is 0 Å². The second-order valence-corrected chi connectivity index (χ2v) is 18.8. The van der Waals surface area contributed by atoms with Gasteiger partial charge in [0.25, 0.3) is 0 Å². The SMILES string of the molecule is CCCCC/C=C\C/C=C\CCCCCCCCCCCC(=O)OC(COC(=O)CCCCCCC/C=C\C/C=C\CCCCC)COC(=O)CCCCCCC/C=C\C/C=C\CCCCC. The number of esters is 3. The zero-order valence-corrected chi connectivity index (χ0v) is 44.2. The summed E-state index contributed by atoms with van der Waals surface area (Å²) in [4.78, 5) is 38.1. The third-order valence-electron chi connectivity index (χ3n) is 12.2. The van der Waals surface area contributed by atoms with E-state index in [0.717, 1.165) is 103 Å². The molecule has 0 aromatic carbocycles. The first-order valence-electron chi connectivity index (χ1n) is 28.4. The Kier molecular flexibility index (Phi) is 52.8. The van der Waals surface area contributed by atoms with Crippen molar-refractivity contribution < 1.29 is 28.6 Å². The molecule has 0 saturated carbocycles. The lowest BCUT2D eigenvalue weighted by Crippen LogP contribution is -2.30. The van der Waals surface area contributed by atoms with Crippen LogP contribution in [0.4, 0.5) is 0 Å². The number of unbranched alkanes of at least 4 members (excludes halogenated alkanes) is 28. The van der Waals surface area contributed by atoms with Gasteiger partial charge in [-0.2, -0.15) is 0 Å². The van der Waals surface area contributed by atoms with Gasteiger partial charge in [-0.25, -0.2) is 0 Å². The highest BCUT2D eigenvalue weighted by Gasteiger charge is 2.19. The summed E-state index contributed by atoms with van der Waals surface area (Å²) in [7, 11) is 0. The van der Waals surface area contributed by atoms with E-state index in [1.54, 1.807) is 0 Å². The molecule has 67 heavy (non-hydrogen) atoms. The summed E-state index contributed by atoms with van der Waals surface area (Å²) in [6.07, 6.45) is 70.2. The van der Waals surface area contributed by atoms with E-state index in [2.05, 4.69) is 93.7 Å². The van der Waals surface area contributed by atoms with Gasteiger partial charge >= 0.3 is 17.9 Å². The summed E-state index contributed by atoms with van der Waals surface area (Å²) in [5.41, 5.74) is 0. The molecule has 0 amide bonds. The van der Waals surface area contributed by atoms with Crippen molar-refractivity contribution in [2.75, 3.05) is 13.2 Å². The van der Waals surface area contributed by atoms with Crippen LogP contribution in [-0.2, 0) is 28.6 Å². The molecule has 0 radical (unpaired) electrons. The van der Waals surface area contributed by atoms with Gasteiger partial charge in [-0.05, 0) is 116 Å². The predicted molar refractivity (Wildman–Crippen MR) is 288 cm³/mol. The first-order chi connectivity index (χ1) is 33.0. The third kappa shape index (κ3) is 53.7. The molecule has 0 spiro atoms. The van der Waals surface area contributed by atoms with E-state index < -0.39 is 6.10 Å². The van der Waals surface area contributed by atoms with Crippen LogP contribution >= 0.6 is 0 Å². The van der Waals surface area contributed by atoms with Crippen LogP contribution < -0.4 is 0 Å². The van der Waals surface area contributed by atoms with Crippen LogP contribution in [0.2, 0.25) is 0 Å². The maximum atomic E-state index is 12.9. The van der Waals surface area contributed by atoms with Gasteiger partial charge in [-0.15, -0.1) is 0 Å². The minimum absolute atomic E-state index is 0.0887. The Morgan fingerprint density at radius 1 is 0.299 bits per heavy atom. The zero-order valence-electron chi connectivity index (χ0n) is 44.2.